The van der Waals surface area contributed by atoms with Crippen molar-refractivity contribution in [2.45, 2.75) is 20.4 Å². The van der Waals surface area contributed by atoms with E-state index in [0.717, 1.165) is 24.3 Å². The molecule has 0 radical (unpaired) electrons. The van der Waals surface area contributed by atoms with Crippen LogP contribution >= 0.6 is 0 Å². The summed E-state index contributed by atoms with van der Waals surface area (Å²) in [4.78, 5) is 8.40. The van der Waals surface area contributed by atoms with Crippen molar-refractivity contribution in [1.29, 1.82) is 0 Å². The van der Waals surface area contributed by atoms with Crippen molar-refractivity contribution < 1.29 is 9.47 Å². The molecule has 0 aromatic carbocycles. The summed E-state index contributed by atoms with van der Waals surface area (Å²) < 4.78 is 10.2. The van der Waals surface area contributed by atoms with Crippen LogP contribution in [0.2, 0.25) is 0 Å². The van der Waals surface area contributed by atoms with Gasteiger partial charge in [0.05, 0.1) is 6.61 Å². The van der Waals surface area contributed by atoms with Crippen molar-refractivity contribution in [3.8, 4) is 6.01 Å². The number of methoxy groups -OCH3 is 1. The van der Waals surface area contributed by atoms with Gasteiger partial charge in [-0.25, -0.2) is 9.97 Å². The first-order valence-electron chi connectivity index (χ1n) is 5.43. The molecule has 0 aliphatic carbocycles. The van der Waals surface area contributed by atoms with Gasteiger partial charge in [-0.05, 0) is 13.5 Å². The highest BCUT2D eigenvalue weighted by Crippen LogP contribution is 2.08. The van der Waals surface area contributed by atoms with Crippen LogP contribution in [0.4, 0.5) is 0 Å². The maximum absolute atomic E-state index is 5.32. The van der Waals surface area contributed by atoms with E-state index in [4.69, 9.17) is 9.47 Å². The lowest BCUT2D eigenvalue weighted by atomic mass is 10.2. The molecule has 1 aromatic rings. The van der Waals surface area contributed by atoms with Gasteiger partial charge in [0.25, 0.3) is 0 Å². The second-order valence-electron chi connectivity index (χ2n) is 3.38. The fourth-order valence-corrected chi connectivity index (χ4v) is 1.19. The van der Waals surface area contributed by atoms with Gasteiger partial charge < -0.3 is 14.8 Å². The molecule has 16 heavy (non-hydrogen) atoms. The molecule has 1 rings (SSSR count). The fourth-order valence-electron chi connectivity index (χ4n) is 1.19. The molecule has 0 saturated heterocycles. The molecule has 0 bridgehead atoms. The van der Waals surface area contributed by atoms with Crippen molar-refractivity contribution >= 4 is 0 Å². The summed E-state index contributed by atoms with van der Waals surface area (Å²) >= 11 is 0. The van der Waals surface area contributed by atoms with E-state index >= 15 is 0 Å². The molecule has 0 unspecified atom stereocenters. The Morgan fingerprint density at radius 1 is 1.38 bits per heavy atom. The Morgan fingerprint density at radius 3 is 2.81 bits per heavy atom. The van der Waals surface area contributed by atoms with E-state index in [9.17, 15) is 0 Å². The van der Waals surface area contributed by atoms with Gasteiger partial charge >= 0.3 is 6.01 Å². The number of nitrogens with one attached hydrogen (secondary N) is 1. The third kappa shape index (κ3) is 4.12. The van der Waals surface area contributed by atoms with Crippen LogP contribution in [0.15, 0.2) is 6.20 Å². The van der Waals surface area contributed by atoms with Crippen LogP contribution in [0.1, 0.15) is 18.2 Å². The molecule has 0 saturated carbocycles. The Kier molecular flexibility index (Phi) is 5.74. The molecule has 5 nitrogen and oxygen atoms in total. The number of ether oxygens (including phenoxy) is 2. The van der Waals surface area contributed by atoms with Crippen molar-refractivity contribution in [2.24, 2.45) is 0 Å². The van der Waals surface area contributed by atoms with Gasteiger partial charge in [0, 0.05) is 31.1 Å². The minimum Gasteiger partial charge on any atom is -0.461 e. The van der Waals surface area contributed by atoms with Crippen molar-refractivity contribution in [2.75, 3.05) is 26.9 Å². The van der Waals surface area contributed by atoms with Crippen LogP contribution in [0.5, 0.6) is 6.01 Å². The number of nitrogens with zero attached hydrogens (tertiary/aromatic N) is 2. The minimum atomic E-state index is 0.412. The predicted molar refractivity (Wildman–Crippen MR) is 61.5 cm³/mol. The Bertz CT molecular complexity index is 318. The second kappa shape index (κ2) is 7.14. The topological polar surface area (TPSA) is 56.3 Å². The van der Waals surface area contributed by atoms with Gasteiger partial charge in [-0.15, -0.1) is 0 Å². The molecule has 5 heteroatoms. The molecule has 90 valence electrons. The molecule has 0 amide bonds. The van der Waals surface area contributed by atoms with E-state index in [1.54, 1.807) is 13.3 Å². The molecule has 0 atom stereocenters. The normalized spacial score (nSPS) is 10.4. The third-order valence-corrected chi connectivity index (χ3v) is 2.14. The molecule has 1 aromatic heterocycles. The number of hydrogen-bond donors (Lipinski definition) is 1. The zero-order valence-corrected chi connectivity index (χ0v) is 10.1. The standard InChI is InChI=1S/C11H19N3O2/c1-4-12-7-10-8-13-11(14-9(10)2)16-6-5-15-3/h8,12H,4-7H2,1-3H3. The molecule has 0 spiro atoms. The summed E-state index contributed by atoms with van der Waals surface area (Å²) in [6.45, 7) is 6.77. The smallest absolute Gasteiger partial charge is 0.316 e. The molecule has 0 aliphatic heterocycles. The zero-order chi connectivity index (χ0) is 11.8. The highest BCUT2D eigenvalue weighted by atomic mass is 16.5. The van der Waals surface area contributed by atoms with Gasteiger partial charge in [-0.2, -0.15) is 0 Å². The Morgan fingerprint density at radius 2 is 2.19 bits per heavy atom. The molecule has 1 N–H and O–H groups in total. The lowest BCUT2D eigenvalue weighted by Crippen LogP contribution is -2.14. The Labute approximate surface area is 96.2 Å². The SMILES string of the molecule is CCNCc1cnc(OCCOC)nc1C. The quantitative estimate of drug-likeness (QED) is 0.699. The van der Waals surface area contributed by atoms with Crippen LogP contribution in [0, 0.1) is 6.92 Å². The zero-order valence-electron chi connectivity index (χ0n) is 10.1. The number of aryl methyl sites for hydroxylation is 1. The molecule has 1 heterocycles. The van der Waals surface area contributed by atoms with E-state index < -0.39 is 0 Å². The second-order valence-corrected chi connectivity index (χ2v) is 3.38. The summed E-state index contributed by atoms with van der Waals surface area (Å²) in [5.74, 6) is 0. The number of aromatic nitrogens is 2. The van der Waals surface area contributed by atoms with E-state index in [1.807, 2.05) is 6.92 Å². The summed E-state index contributed by atoms with van der Waals surface area (Å²) in [5.41, 5.74) is 2.05. The first-order chi connectivity index (χ1) is 7.77. The maximum Gasteiger partial charge on any atom is 0.316 e. The van der Waals surface area contributed by atoms with E-state index in [1.165, 1.54) is 0 Å². The molecular formula is C11H19N3O2. The summed E-state index contributed by atoms with van der Waals surface area (Å²) in [6, 6.07) is 0.412. The summed E-state index contributed by atoms with van der Waals surface area (Å²) in [6.07, 6.45) is 1.80. The molecule has 0 fully saturated rings. The lowest BCUT2D eigenvalue weighted by molar-refractivity contribution is 0.140. The highest BCUT2D eigenvalue weighted by molar-refractivity contribution is 5.17. The Balaban J connectivity index is 2.53. The van der Waals surface area contributed by atoms with E-state index in [-0.39, 0.29) is 0 Å². The molecular weight excluding hydrogens is 206 g/mol. The van der Waals surface area contributed by atoms with Gasteiger partial charge in [0.2, 0.25) is 0 Å². The van der Waals surface area contributed by atoms with Crippen LogP contribution < -0.4 is 10.1 Å². The first-order valence-corrected chi connectivity index (χ1v) is 5.43. The molecule has 0 aliphatic rings. The minimum absolute atomic E-state index is 0.412. The van der Waals surface area contributed by atoms with Crippen LogP contribution in [-0.2, 0) is 11.3 Å². The van der Waals surface area contributed by atoms with Crippen molar-refractivity contribution in [3.05, 3.63) is 17.5 Å². The number of hydrogen-bond acceptors (Lipinski definition) is 5. The van der Waals surface area contributed by atoms with Crippen molar-refractivity contribution in [1.82, 2.24) is 15.3 Å². The highest BCUT2D eigenvalue weighted by Gasteiger charge is 2.03. The van der Waals surface area contributed by atoms with Crippen LogP contribution in [-0.4, -0.2) is 36.8 Å². The van der Waals surface area contributed by atoms with Crippen LogP contribution in [0.3, 0.4) is 0 Å². The third-order valence-electron chi connectivity index (χ3n) is 2.14. The number of rotatable bonds is 7. The average molecular weight is 225 g/mol. The van der Waals surface area contributed by atoms with Crippen LogP contribution in [0.25, 0.3) is 0 Å². The van der Waals surface area contributed by atoms with E-state index in [0.29, 0.717) is 19.2 Å². The fraction of sp³-hybridized carbons (Fsp3) is 0.636. The van der Waals surface area contributed by atoms with Gasteiger partial charge in [-0.1, -0.05) is 6.92 Å². The predicted octanol–water partition coefficient (Wildman–Crippen LogP) is 0.920. The summed E-state index contributed by atoms with van der Waals surface area (Å²) in [5, 5.41) is 3.24. The average Bonchev–Trinajstić information content (AvgIpc) is 2.28. The van der Waals surface area contributed by atoms with Gasteiger partial charge in [-0.3, -0.25) is 0 Å². The monoisotopic (exact) mass is 225 g/mol. The van der Waals surface area contributed by atoms with Gasteiger partial charge in [0.1, 0.15) is 6.61 Å². The Hall–Kier alpha value is -1.20. The largest absolute Gasteiger partial charge is 0.461 e. The lowest BCUT2D eigenvalue weighted by Gasteiger charge is -2.07. The first kappa shape index (κ1) is 12.9. The van der Waals surface area contributed by atoms with Crippen molar-refractivity contribution in [3.63, 3.8) is 0 Å². The maximum atomic E-state index is 5.32. The van der Waals surface area contributed by atoms with E-state index in [2.05, 4.69) is 22.2 Å². The van der Waals surface area contributed by atoms with Gasteiger partial charge in [0.15, 0.2) is 0 Å². The summed E-state index contributed by atoms with van der Waals surface area (Å²) in [7, 11) is 1.63.